The fraction of sp³-hybridized carbons (Fsp3) is 0.357. The summed E-state index contributed by atoms with van der Waals surface area (Å²) < 4.78 is 5.01. The van der Waals surface area contributed by atoms with Gasteiger partial charge < -0.3 is 30.2 Å². The van der Waals surface area contributed by atoms with Crippen molar-refractivity contribution in [3.8, 4) is 0 Å². The summed E-state index contributed by atoms with van der Waals surface area (Å²) in [5, 5.41) is 22.8. The number of nitrogens with one attached hydrogen (secondary N) is 2. The normalized spacial score (nSPS) is 18.0. The van der Waals surface area contributed by atoms with Gasteiger partial charge in [0.15, 0.2) is 0 Å². The molecule has 2 aromatic carbocycles. The van der Waals surface area contributed by atoms with Crippen LogP contribution in [0.3, 0.4) is 0 Å². The van der Waals surface area contributed by atoms with Crippen LogP contribution in [0.15, 0.2) is 48.5 Å². The molecule has 1 aliphatic heterocycles. The number of ether oxygens (including phenoxy) is 1. The van der Waals surface area contributed by atoms with Crippen LogP contribution in [0.1, 0.15) is 54.0 Å². The van der Waals surface area contributed by atoms with E-state index in [0.717, 1.165) is 16.5 Å². The monoisotopic (exact) mass is 521 g/mol. The molecule has 3 aromatic rings. The molecule has 3 atom stereocenters. The van der Waals surface area contributed by atoms with Crippen molar-refractivity contribution >= 4 is 34.7 Å². The molecular formula is C28H31N3O7. The molecule has 1 aliphatic rings. The van der Waals surface area contributed by atoms with E-state index >= 15 is 0 Å². The van der Waals surface area contributed by atoms with Gasteiger partial charge in [0, 0.05) is 28.6 Å². The number of aromatic amines is 1. The van der Waals surface area contributed by atoms with Crippen molar-refractivity contribution in [2.45, 2.75) is 45.3 Å². The zero-order valence-electron chi connectivity index (χ0n) is 21.6. The minimum Gasteiger partial charge on any atom is -0.480 e. The van der Waals surface area contributed by atoms with Crippen molar-refractivity contribution in [3.05, 3.63) is 70.9 Å². The number of hydrogen-bond acceptors (Lipinski definition) is 6. The molecule has 1 aromatic heterocycles. The number of aromatic nitrogens is 1. The van der Waals surface area contributed by atoms with E-state index in [0.29, 0.717) is 11.3 Å². The molecule has 4 rings (SSSR count). The molecule has 0 saturated heterocycles. The lowest BCUT2D eigenvalue weighted by Gasteiger charge is -2.40. The molecule has 0 radical (unpaired) electrons. The second-order valence-corrected chi connectivity index (χ2v) is 10.4. The highest BCUT2D eigenvalue weighted by atomic mass is 16.5. The summed E-state index contributed by atoms with van der Waals surface area (Å²) >= 11 is 0. The summed E-state index contributed by atoms with van der Waals surface area (Å²) in [6.07, 6.45) is 0.206. The third-order valence-corrected chi connectivity index (χ3v) is 6.91. The standard InChI is InChI=1S/C28H31N3O7/c1-28(2,3)24(26(35)36)30-25(34)16-11-9-15(10-12-16)23-22-18(17-7-5-6-8-19(17)29-22)13-20(27(37)38-4)31(23)21(33)14-32/h5-12,20,23-24,29,32H,13-14H2,1-4H3,(H,30,34)(H,35,36)/t20-,23+,24?/m1/s1. The summed E-state index contributed by atoms with van der Waals surface area (Å²) in [5.41, 5.74) is 2.52. The van der Waals surface area contributed by atoms with Crippen molar-refractivity contribution in [1.29, 1.82) is 0 Å². The number of carboxylic acid groups (broad SMARTS) is 1. The van der Waals surface area contributed by atoms with Crippen LogP contribution in [0.2, 0.25) is 0 Å². The van der Waals surface area contributed by atoms with E-state index in [-0.39, 0.29) is 12.0 Å². The number of carbonyl (C=O) groups is 4. The average molecular weight is 522 g/mol. The lowest BCUT2D eigenvalue weighted by Crippen LogP contribution is -2.52. The number of hydrogen-bond donors (Lipinski definition) is 4. The second kappa shape index (κ2) is 10.3. The highest BCUT2D eigenvalue weighted by Gasteiger charge is 2.44. The van der Waals surface area contributed by atoms with Gasteiger partial charge in [0.05, 0.1) is 13.2 Å². The molecule has 4 N–H and O–H groups in total. The van der Waals surface area contributed by atoms with Gasteiger partial charge in [-0.05, 0) is 34.7 Å². The van der Waals surface area contributed by atoms with Crippen molar-refractivity contribution in [2.24, 2.45) is 5.41 Å². The van der Waals surface area contributed by atoms with E-state index in [1.165, 1.54) is 24.1 Å². The zero-order chi connectivity index (χ0) is 27.8. The van der Waals surface area contributed by atoms with E-state index in [1.807, 2.05) is 24.3 Å². The summed E-state index contributed by atoms with van der Waals surface area (Å²) in [6, 6.07) is 11.1. The Morgan fingerprint density at radius 1 is 1.11 bits per heavy atom. The maximum Gasteiger partial charge on any atom is 0.328 e. The van der Waals surface area contributed by atoms with Gasteiger partial charge in [-0.15, -0.1) is 0 Å². The zero-order valence-corrected chi connectivity index (χ0v) is 21.6. The third-order valence-electron chi connectivity index (χ3n) is 6.91. The maximum atomic E-state index is 13.0. The highest BCUT2D eigenvalue weighted by Crippen LogP contribution is 2.41. The van der Waals surface area contributed by atoms with Gasteiger partial charge in [0.1, 0.15) is 18.7 Å². The number of carboxylic acids is 1. The number of methoxy groups -OCH3 is 1. The molecular weight excluding hydrogens is 490 g/mol. The highest BCUT2D eigenvalue weighted by molar-refractivity contribution is 5.97. The number of amides is 2. The number of aliphatic hydroxyl groups excluding tert-OH is 1. The van der Waals surface area contributed by atoms with Crippen LogP contribution in [-0.4, -0.2) is 69.7 Å². The van der Waals surface area contributed by atoms with Crippen LogP contribution >= 0.6 is 0 Å². The molecule has 200 valence electrons. The lowest BCUT2D eigenvalue weighted by atomic mass is 9.86. The number of carbonyl (C=O) groups excluding carboxylic acids is 3. The lowest BCUT2D eigenvalue weighted by molar-refractivity contribution is -0.156. The molecule has 0 fully saturated rings. The average Bonchev–Trinajstić information content (AvgIpc) is 3.27. The van der Waals surface area contributed by atoms with Gasteiger partial charge in [-0.2, -0.15) is 0 Å². The minimum absolute atomic E-state index is 0.206. The Kier molecular flexibility index (Phi) is 7.28. The van der Waals surface area contributed by atoms with Crippen LogP contribution in [0.4, 0.5) is 0 Å². The Morgan fingerprint density at radius 3 is 2.34 bits per heavy atom. The van der Waals surface area contributed by atoms with Crippen molar-refractivity contribution in [2.75, 3.05) is 13.7 Å². The first-order valence-corrected chi connectivity index (χ1v) is 12.2. The second-order valence-electron chi connectivity index (χ2n) is 10.4. The molecule has 0 saturated carbocycles. The Labute approximate surface area is 219 Å². The van der Waals surface area contributed by atoms with Crippen LogP contribution in [0.5, 0.6) is 0 Å². The van der Waals surface area contributed by atoms with E-state index < -0.39 is 53.9 Å². The number of nitrogens with zero attached hydrogens (tertiary/aromatic N) is 1. The molecule has 38 heavy (non-hydrogen) atoms. The number of H-pyrrole nitrogens is 1. The van der Waals surface area contributed by atoms with E-state index in [2.05, 4.69) is 10.3 Å². The van der Waals surface area contributed by atoms with Crippen molar-refractivity contribution in [1.82, 2.24) is 15.2 Å². The number of para-hydroxylation sites is 1. The van der Waals surface area contributed by atoms with Crippen molar-refractivity contribution < 1.29 is 34.1 Å². The fourth-order valence-corrected chi connectivity index (χ4v) is 5.02. The number of esters is 1. The molecule has 0 aliphatic carbocycles. The number of rotatable bonds is 6. The molecule has 10 heteroatoms. The third kappa shape index (κ3) is 4.87. The largest absolute Gasteiger partial charge is 0.480 e. The fourth-order valence-electron chi connectivity index (χ4n) is 5.02. The van der Waals surface area contributed by atoms with Gasteiger partial charge in [-0.3, -0.25) is 9.59 Å². The van der Waals surface area contributed by atoms with E-state index in [1.54, 1.807) is 32.9 Å². The summed E-state index contributed by atoms with van der Waals surface area (Å²) in [7, 11) is 1.25. The Hall–Kier alpha value is -4.18. The maximum absolute atomic E-state index is 13.0. The van der Waals surface area contributed by atoms with Crippen LogP contribution < -0.4 is 5.32 Å². The van der Waals surface area contributed by atoms with E-state index in [4.69, 9.17) is 4.74 Å². The Balaban J connectivity index is 1.78. The molecule has 2 amide bonds. The number of benzene rings is 2. The molecule has 0 bridgehead atoms. The minimum atomic E-state index is -1.14. The number of fused-ring (bicyclic) bond motifs is 3. The Bertz CT molecular complexity index is 1390. The topological polar surface area (TPSA) is 149 Å². The summed E-state index contributed by atoms with van der Waals surface area (Å²) in [6.45, 7) is 4.37. The first-order valence-electron chi connectivity index (χ1n) is 12.2. The molecule has 2 heterocycles. The SMILES string of the molecule is COC(=O)[C@H]1Cc2c([nH]c3ccccc23)[C@H](c2ccc(C(=O)NC(C(=O)O)C(C)(C)C)cc2)N1C(=O)CO. The first kappa shape index (κ1) is 26.9. The van der Waals surface area contributed by atoms with Crippen molar-refractivity contribution in [3.63, 3.8) is 0 Å². The van der Waals surface area contributed by atoms with Gasteiger partial charge in [0.25, 0.3) is 5.91 Å². The number of aliphatic hydroxyl groups is 1. The number of aliphatic carboxylic acids is 1. The molecule has 10 nitrogen and oxygen atoms in total. The van der Waals surface area contributed by atoms with Crippen LogP contribution in [-0.2, 0) is 25.5 Å². The van der Waals surface area contributed by atoms with Gasteiger partial charge >= 0.3 is 11.9 Å². The molecule has 1 unspecified atom stereocenters. The Morgan fingerprint density at radius 2 is 1.76 bits per heavy atom. The smallest absolute Gasteiger partial charge is 0.328 e. The van der Waals surface area contributed by atoms with Gasteiger partial charge in [0.2, 0.25) is 5.91 Å². The van der Waals surface area contributed by atoms with E-state index in [9.17, 15) is 29.4 Å². The molecule has 0 spiro atoms. The van der Waals surface area contributed by atoms with Crippen LogP contribution in [0.25, 0.3) is 10.9 Å². The van der Waals surface area contributed by atoms with Gasteiger partial charge in [-0.25, -0.2) is 9.59 Å². The summed E-state index contributed by atoms with van der Waals surface area (Å²) in [5.74, 6) is -2.94. The predicted molar refractivity (Wildman–Crippen MR) is 138 cm³/mol. The predicted octanol–water partition coefficient (Wildman–Crippen LogP) is 2.41. The van der Waals surface area contributed by atoms with Gasteiger partial charge in [-0.1, -0.05) is 51.1 Å². The van der Waals surface area contributed by atoms with Crippen LogP contribution in [0, 0.1) is 5.41 Å². The first-order chi connectivity index (χ1) is 18.0. The quantitative estimate of drug-likeness (QED) is 0.364. The summed E-state index contributed by atoms with van der Waals surface area (Å²) in [4.78, 5) is 55.1.